The topological polar surface area (TPSA) is 147 Å². The minimum absolute atomic E-state index is 0.0215. The summed E-state index contributed by atoms with van der Waals surface area (Å²) in [6, 6.07) is 126. The second-order valence-electron chi connectivity index (χ2n) is 28.7. The minimum atomic E-state index is -0.708. The second kappa shape index (κ2) is 41.4. The summed E-state index contributed by atoms with van der Waals surface area (Å²) >= 11 is 0. The zero-order valence-electron chi connectivity index (χ0n) is 64.3. The molecule has 12 heteroatoms. The van der Waals surface area contributed by atoms with Gasteiger partial charge >= 0.3 is 0 Å². The highest BCUT2D eigenvalue weighted by Crippen LogP contribution is 2.41. The maximum Gasteiger partial charge on any atom is 0.222 e. The number of carbonyl (C=O) groups excluding carboxylic acids is 4. The summed E-state index contributed by atoms with van der Waals surface area (Å²) in [7, 11) is 0. The van der Waals surface area contributed by atoms with E-state index in [1.807, 2.05) is 82.6 Å². The van der Waals surface area contributed by atoms with Gasteiger partial charge in [0.05, 0.1) is 22.2 Å². The molecule has 0 aliphatic rings. The largest absolute Gasteiger partial charge is 0.356 e. The molecule has 0 saturated heterocycles. The van der Waals surface area contributed by atoms with Gasteiger partial charge in [0, 0.05) is 78.0 Å². The molecule has 12 nitrogen and oxygen atoms in total. The molecule has 0 heterocycles. The molecule has 0 unspecified atom stereocenters. The van der Waals surface area contributed by atoms with Crippen LogP contribution in [0.15, 0.2) is 364 Å². The first-order valence-corrected chi connectivity index (χ1v) is 40.0. The Balaban J connectivity index is 0.726. The smallest absolute Gasteiger partial charge is 0.222 e. The fourth-order valence-corrected chi connectivity index (χ4v) is 16.1. The van der Waals surface area contributed by atoms with Gasteiger partial charge in [-0.05, 0) is 118 Å². The second-order valence-corrected chi connectivity index (χ2v) is 28.7. The van der Waals surface area contributed by atoms with E-state index in [2.05, 4.69) is 323 Å². The molecule has 0 saturated carbocycles. The Labute approximate surface area is 663 Å². The lowest BCUT2D eigenvalue weighted by molar-refractivity contribution is -0.133. The highest BCUT2D eigenvalue weighted by atomic mass is 16.2. The van der Waals surface area contributed by atoms with Gasteiger partial charge in [-0.25, -0.2) is 0 Å². The van der Waals surface area contributed by atoms with Crippen molar-refractivity contribution in [3.05, 3.63) is 431 Å². The van der Waals surface area contributed by atoms with Crippen LogP contribution in [0.5, 0.6) is 0 Å². The van der Waals surface area contributed by atoms with Crippen LogP contribution in [0, 0.1) is 0 Å². The fraction of sp³-hybridized carbons (Fsp3) is 0.240. The third-order valence-corrected chi connectivity index (χ3v) is 21.5. The number of unbranched alkanes of at least 4 members (excludes halogenated alkanes) is 1. The van der Waals surface area contributed by atoms with Gasteiger partial charge in [-0.1, -0.05) is 364 Å². The standard InChI is InChI=1S/C100H106N8O4/c109-93(69-75-105-99(87-55-25-7-26-56-87,88-57-27-8-28-58-88)89-59-29-9-30-60-89)101-71-39-67-95(111)107(79-41-73-103-97(81-43-13-1-14-44-81,82-45-15-2-16-46-82)83-47-17-3-18-48-83)77-37-38-78-108(80-42-74-104-98(84-49-19-4-20-50-84,85-51-21-5-22-52-85)86-53-23-6-24-54-86)96(112)68-40-72-102-94(110)70-76-106-100(90-61-31-10-32-62-90,91-63-33-11-34-64-91)92-65-35-12-36-66-92/h1-36,43-66,103-106H,37-42,67-80H2,(H,101,109)(H,102,110). The van der Waals surface area contributed by atoms with E-state index in [1.54, 1.807) is 0 Å². The van der Waals surface area contributed by atoms with Crippen molar-refractivity contribution in [2.45, 2.75) is 86.4 Å². The zero-order chi connectivity index (χ0) is 77.2. The quantitative estimate of drug-likeness (QED) is 0.0164. The van der Waals surface area contributed by atoms with Crippen molar-refractivity contribution in [2.24, 2.45) is 0 Å². The van der Waals surface area contributed by atoms with Gasteiger partial charge in [0.1, 0.15) is 0 Å². The predicted molar refractivity (Wildman–Crippen MR) is 454 cm³/mol. The SMILES string of the molecule is O=C(CCNC(c1ccccc1)(c1ccccc1)c1ccccc1)NCCCC(=O)N(CCCCN(CCCNC(c1ccccc1)(c1ccccc1)c1ccccc1)C(=O)CCCNC(=O)CCNC(c1ccccc1)(c1ccccc1)c1ccccc1)CCCNC(c1ccccc1)(c1ccccc1)c1ccccc1. The average Bonchev–Trinajstić information content (AvgIpc) is 0.779. The molecule has 0 atom stereocenters. The van der Waals surface area contributed by atoms with E-state index >= 15 is 0 Å². The van der Waals surface area contributed by atoms with Crippen LogP contribution in [-0.2, 0) is 41.3 Å². The molecule has 0 radical (unpaired) electrons. The van der Waals surface area contributed by atoms with Gasteiger partial charge in [0.2, 0.25) is 23.6 Å². The monoisotopic (exact) mass is 1480 g/mol. The third-order valence-electron chi connectivity index (χ3n) is 21.5. The Morgan fingerprint density at radius 3 is 0.554 bits per heavy atom. The summed E-state index contributed by atoms with van der Waals surface area (Å²) in [5.41, 5.74) is 10.3. The molecule has 0 bridgehead atoms. The maximum absolute atomic E-state index is 14.9. The summed E-state index contributed by atoms with van der Waals surface area (Å²) in [5.74, 6) is -0.143. The van der Waals surface area contributed by atoms with Gasteiger partial charge in [0.15, 0.2) is 0 Å². The molecule has 12 aromatic carbocycles. The number of nitrogens with one attached hydrogen (secondary N) is 6. The molecule has 4 amide bonds. The lowest BCUT2D eigenvalue weighted by Crippen LogP contribution is -2.46. The number of hydrogen-bond acceptors (Lipinski definition) is 8. The summed E-state index contributed by atoms with van der Waals surface area (Å²) in [5, 5.41) is 22.1. The molecule has 570 valence electrons. The van der Waals surface area contributed by atoms with Gasteiger partial charge in [-0.15, -0.1) is 0 Å². The van der Waals surface area contributed by atoms with Crippen LogP contribution in [-0.4, -0.2) is 98.9 Å². The van der Waals surface area contributed by atoms with Crippen molar-refractivity contribution in [1.82, 2.24) is 41.7 Å². The van der Waals surface area contributed by atoms with Crippen LogP contribution >= 0.6 is 0 Å². The zero-order valence-corrected chi connectivity index (χ0v) is 64.3. The Morgan fingerprint density at radius 1 is 0.196 bits per heavy atom. The molecule has 0 aromatic heterocycles. The summed E-state index contributed by atoms with van der Waals surface area (Å²) in [6.07, 6.45) is 4.57. The van der Waals surface area contributed by atoms with E-state index < -0.39 is 22.2 Å². The molecule has 0 spiro atoms. The van der Waals surface area contributed by atoms with Crippen molar-refractivity contribution in [3.8, 4) is 0 Å². The third kappa shape index (κ3) is 20.1. The predicted octanol–water partition coefficient (Wildman–Crippen LogP) is 17.1. The lowest BCUT2D eigenvalue weighted by Gasteiger charge is -2.37. The molecule has 12 aromatic rings. The number of amides is 4. The molecule has 12 rings (SSSR count). The van der Waals surface area contributed by atoms with E-state index in [0.717, 1.165) is 66.8 Å². The summed E-state index contributed by atoms with van der Waals surface area (Å²) in [6.45, 7) is 4.69. The van der Waals surface area contributed by atoms with Crippen LogP contribution in [0.1, 0.15) is 131 Å². The molecule has 0 fully saturated rings. The van der Waals surface area contributed by atoms with E-state index in [0.29, 0.717) is 104 Å². The van der Waals surface area contributed by atoms with E-state index in [1.165, 1.54) is 0 Å². The van der Waals surface area contributed by atoms with Gasteiger partial charge < -0.3 is 20.4 Å². The summed E-state index contributed by atoms with van der Waals surface area (Å²) in [4.78, 5) is 61.4. The number of carbonyl (C=O) groups is 4. The highest BCUT2D eigenvalue weighted by Gasteiger charge is 2.40. The summed E-state index contributed by atoms with van der Waals surface area (Å²) < 4.78 is 0. The molecule has 0 aliphatic heterocycles. The van der Waals surface area contributed by atoms with Crippen LogP contribution in [0.4, 0.5) is 0 Å². The normalized spacial score (nSPS) is 11.7. The van der Waals surface area contributed by atoms with Gasteiger partial charge in [0.25, 0.3) is 0 Å². The first kappa shape index (κ1) is 79.9. The van der Waals surface area contributed by atoms with Crippen molar-refractivity contribution < 1.29 is 19.2 Å². The van der Waals surface area contributed by atoms with Crippen LogP contribution in [0.3, 0.4) is 0 Å². The number of hydrogen-bond donors (Lipinski definition) is 6. The van der Waals surface area contributed by atoms with E-state index in [-0.39, 0.29) is 49.3 Å². The van der Waals surface area contributed by atoms with Crippen molar-refractivity contribution >= 4 is 23.6 Å². The Hall–Kier alpha value is -11.6. The first-order valence-electron chi connectivity index (χ1n) is 40.0. The molecular formula is C100H106N8O4. The Kier molecular flexibility index (Phi) is 29.5. The van der Waals surface area contributed by atoms with Gasteiger partial charge in [-0.2, -0.15) is 0 Å². The van der Waals surface area contributed by atoms with E-state index in [9.17, 15) is 19.2 Å². The maximum atomic E-state index is 14.9. The van der Waals surface area contributed by atoms with Crippen molar-refractivity contribution in [2.75, 3.05) is 65.4 Å². The Bertz CT molecular complexity index is 4040. The van der Waals surface area contributed by atoms with Crippen LogP contribution in [0.25, 0.3) is 0 Å². The van der Waals surface area contributed by atoms with Crippen molar-refractivity contribution in [1.29, 1.82) is 0 Å². The molecule has 112 heavy (non-hydrogen) atoms. The average molecular weight is 1480 g/mol. The Morgan fingerprint density at radius 2 is 0.366 bits per heavy atom. The van der Waals surface area contributed by atoms with Crippen LogP contribution in [0.2, 0.25) is 0 Å². The molecular weight excluding hydrogens is 1380 g/mol. The van der Waals surface area contributed by atoms with Crippen LogP contribution < -0.4 is 31.9 Å². The number of rotatable bonds is 43. The fourth-order valence-electron chi connectivity index (χ4n) is 16.1. The number of nitrogens with zero attached hydrogens (tertiary/aromatic N) is 2. The van der Waals surface area contributed by atoms with Gasteiger partial charge in [-0.3, -0.25) is 40.4 Å². The number of benzene rings is 12. The minimum Gasteiger partial charge on any atom is -0.356 e. The van der Waals surface area contributed by atoms with E-state index in [4.69, 9.17) is 0 Å². The first-order chi connectivity index (χ1) is 55.2. The molecule has 6 N–H and O–H groups in total. The molecule has 0 aliphatic carbocycles. The highest BCUT2D eigenvalue weighted by molar-refractivity contribution is 5.78. The van der Waals surface area contributed by atoms with Crippen molar-refractivity contribution in [3.63, 3.8) is 0 Å². The lowest BCUT2D eigenvalue weighted by atomic mass is 9.77.